The molecule has 0 bridgehead atoms. The standard InChI is InChI=1S/C13H18F2N2/c1-10-4-6-17(7-5-16-10)9-11-2-3-12(14)8-13(11)15/h2-3,8,10,16H,4-7,9H2,1H3. The topological polar surface area (TPSA) is 15.3 Å². The predicted molar refractivity (Wildman–Crippen MR) is 63.7 cm³/mol. The minimum Gasteiger partial charge on any atom is -0.313 e. The molecule has 94 valence electrons. The monoisotopic (exact) mass is 240 g/mol. The van der Waals surface area contributed by atoms with Crippen LogP contribution in [0.4, 0.5) is 8.78 Å². The van der Waals surface area contributed by atoms with Gasteiger partial charge in [0.2, 0.25) is 0 Å². The molecule has 1 N–H and O–H groups in total. The molecule has 1 fully saturated rings. The van der Waals surface area contributed by atoms with E-state index in [2.05, 4.69) is 17.1 Å². The lowest BCUT2D eigenvalue weighted by molar-refractivity contribution is 0.278. The number of halogens is 2. The smallest absolute Gasteiger partial charge is 0.130 e. The van der Waals surface area contributed by atoms with Gasteiger partial charge in [0, 0.05) is 43.9 Å². The number of rotatable bonds is 2. The van der Waals surface area contributed by atoms with Crippen LogP contribution in [-0.2, 0) is 6.54 Å². The number of benzene rings is 1. The van der Waals surface area contributed by atoms with Crippen molar-refractivity contribution in [1.82, 2.24) is 10.2 Å². The van der Waals surface area contributed by atoms with Crippen LogP contribution in [0.15, 0.2) is 18.2 Å². The maximum Gasteiger partial charge on any atom is 0.130 e. The molecule has 1 aromatic rings. The fourth-order valence-corrected chi connectivity index (χ4v) is 2.11. The maximum atomic E-state index is 13.5. The van der Waals surface area contributed by atoms with Crippen molar-refractivity contribution in [1.29, 1.82) is 0 Å². The second kappa shape index (κ2) is 5.56. The van der Waals surface area contributed by atoms with E-state index in [0.717, 1.165) is 32.1 Å². The number of hydrogen-bond donors (Lipinski definition) is 1. The number of hydrogen-bond acceptors (Lipinski definition) is 2. The van der Waals surface area contributed by atoms with Gasteiger partial charge in [-0.2, -0.15) is 0 Å². The minimum atomic E-state index is -0.516. The molecule has 1 heterocycles. The molecule has 4 heteroatoms. The second-order valence-corrected chi connectivity index (χ2v) is 4.66. The Morgan fingerprint density at radius 1 is 1.35 bits per heavy atom. The van der Waals surface area contributed by atoms with Crippen LogP contribution >= 0.6 is 0 Å². The van der Waals surface area contributed by atoms with Gasteiger partial charge in [-0.3, -0.25) is 4.90 Å². The highest BCUT2D eigenvalue weighted by atomic mass is 19.1. The third kappa shape index (κ3) is 3.48. The Morgan fingerprint density at radius 3 is 2.94 bits per heavy atom. The van der Waals surface area contributed by atoms with E-state index in [4.69, 9.17) is 0 Å². The summed E-state index contributed by atoms with van der Waals surface area (Å²) in [4.78, 5) is 2.20. The SMILES string of the molecule is CC1CCN(Cc2ccc(F)cc2F)CCN1. The third-order valence-corrected chi connectivity index (χ3v) is 3.21. The van der Waals surface area contributed by atoms with Crippen molar-refractivity contribution in [3.05, 3.63) is 35.4 Å². The van der Waals surface area contributed by atoms with E-state index in [1.807, 2.05) is 0 Å². The zero-order valence-corrected chi connectivity index (χ0v) is 10.0. The number of nitrogens with one attached hydrogen (secondary N) is 1. The minimum absolute atomic E-state index is 0.449. The van der Waals surface area contributed by atoms with Gasteiger partial charge in [0.05, 0.1) is 0 Å². The molecular weight excluding hydrogens is 222 g/mol. The quantitative estimate of drug-likeness (QED) is 0.852. The average Bonchev–Trinajstić information content (AvgIpc) is 2.48. The van der Waals surface area contributed by atoms with E-state index in [0.29, 0.717) is 18.2 Å². The molecular formula is C13H18F2N2. The van der Waals surface area contributed by atoms with Crippen molar-refractivity contribution in [2.45, 2.75) is 25.9 Å². The molecule has 1 aliphatic heterocycles. The summed E-state index contributed by atoms with van der Waals surface area (Å²) in [5.74, 6) is -0.965. The molecule has 0 spiro atoms. The molecule has 2 rings (SSSR count). The molecule has 0 saturated carbocycles. The second-order valence-electron chi connectivity index (χ2n) is 4.66. The van der Waals surface area contributed by atoms with E-state index >= 15 is 0 Å². The summed E-state index contributed by atoms with van der Waals surface area (Å²) < 4.78 is 26.3. The zero-order valence-electron chi connectivity index (χ0n) is 10.0. The average molecular weight is 240 g/mol. The van der Waals surface area contributed by atoms with Crippen molar-refractivity contribution >= 4 is 0 Å². The highest BCUT2D eigenvalue weighted by Gasteiger charge is 2.14. The molecule has 17 heavy (non-hydrogen) atoms. The van der Waals surface area contributed by atoms with Gasteiger partial charge in [0.1, 0.15) is 11.6 Å². The van der Waals surface area contributed by atoms with Crippen molar-refractivity contribution in [3.8, 4) is 0 Å². The van der Waals surface area contributed by atoms with E-state index in [9.17, 15) is 8.78 Å². The Hall–Kier alpha value is -1.00. The first-order valence-electron chi connectivity index (χ1n) is 6.05. The van der Waals surface area contributed by atoms with Gasteiger partial charge in [0.25, 0.3) is 0 Å². The van der Waals surface area contributed by atoms with Crippen LogP contribution < -0.4 is 5.32 Å². The molecule has 2 nitrogen and oxygen atoms in total. The molecule has 0 aromatic heterocycles. The van der Waals surface area contributed by atoms with E-state index in [1.54, 1.807) is 0 Å². The number of nitrogens with zero attached hydrogens (tertiary/aromatic N) is 1. The lowest BCUT2D eigenvalue weighted by Gasteiger charge is -2.19. The van der Waals surface area contributed by atoms with Crippen molar-refractivity contribution in [2.75, 3.05) is 19.6 Å². The van der Waals surface area contributed by atoms with Crippen LogP contribution in [0, 0.1) is 11.6 Å². The Kier molecular flexibility index (Phi) is 4.07. The first kappa shape index (κ1) is 12.5. The Balaban J connectivity index is 2.00. The summed E-state index contributed by atoms with van der Waals surface area (Å²) in [6.45, 7) is 5.48. The highest BCUT2D eigenvalue weighted by molar-refractivity contribution is 5.18. The summed E-state index contributed by atoms with van der Waals surface area (Å²) in [5, 5.41) is 3.39. The molecule has 1 aliphatic rings. The van der Waals surface area contributed by atoms with Gasteiger partial charge in [-0.25, -0.2) is 8.78 Å². The Morgan fingerprint density at radius 2 is 2.18 bits per heavy atom. The molecule has 0 radical (unpaired) electrons. The van der Waals surface area contributed by atoms with Crippen molar-refractivity contribution < 1.29 is 8.78 Å². The first-order chi connectivity index (χ1) is 8.15. The molecule has 1 unspecified atom stereocenters. The van der Waals surface area contributed by atoms with Crippen LogP contribution in [0.1, 0.15) is 18.9 Å². The highest BCUT2D eigenvalue weighted by Crippen LogP contribution is 2.13. The maximum absolute atomic E-state index is 13.5. The largest absolute Gasteiger partial charge is 0.313 e. The lowest BCUT2D eigenvalue weighted by atomic mass is 10.2. The predicted octanol–water partition coefficient (Wildman–Crippen LogP) is 2.15. The van der Waals surface area contributed by atoms with Crippen LogP contribution in [0.25, 0.3) is 0 Å². The van der Waals surface area contributed by atoms with Gasteiger partial charge >= 0.3 is 0 Å². The van der Waals surface area contributed by atoms with E-state index in [1.165, 1.54) is 12.1 Å². The summed E-state index contributed by atoms with van der Waals surface area (Å²) in [6, 6.07) is 4.32. The zero-order chi connectivity index (χ0) is 12.3. The third-order valence-electron chi connectivity index (χ3n) is 3.21. The van der Waals surface area contributed by atoms with Gasteiger partial charge in [-0.05, 0) is 19.4 Å². The summed E-state index contributed by atoms with van der Waals surface area (Å²) >= 11 is 0. The van der Waals surface area contributed by atoms with E-state index in [-0.39, 0.29) is 0 Å². The molecule has 0 amide bonds. The molecule has 1 saturated heterocycles. The fourth-order valence-electron chi connectivity index (χ4n) is 2.11. The summed E-state index contributed by atoms with van der Waals surface area (Å²) in [7, 11) is 0. The van der Waals surface area contributed by atoms with Gasteiger partial charge < -0.3 is 5.32 Å². The van der Waals surface area contributed by atoms with Crippen LogP contribution in [0.5, 0.6) is 0 Å². The van der Waals surface area contributed by atoms with Gasteiger partial charge in [0.15, 0.2) is 0 Å². The fraction of sp³-hybridized carbons (Fsp3) is 0.538. The first-order valence-corrected chi connectivity index (χ1v) is 6.05. The van der Waals surface area contributed by atoms with Crippen LogP contribution in [0.3, 0.4) is 0 Å². The van der Waals surface area contributed by atoms with Crippen LogP contribution in [0.2, 0.25) is 0 Å². The molecule has 0 aliphatic carbocycles. The van der Waals surface area contributed by atoms with Gasteiger partial charge in [-0.1, -0.05) is 6.07 Å². The molecule has 1 atom stereocenters. The van der Waals surface area contributed by atoms with Crippen molar-refractivity contribution in [3.63, 3.8) is 0 Å². The van der Waals surface area contributed by atoms with E-state index < -0.39 is 11.6 Å². The Labute approximate surface area is 101 Å². The lowest BCUT2D eigenvalue weighted by Crippen LogP contribution is -2.29. The summed E-state index contributed by atoms with van der Waals surface area (Å²) in [6.07, 6.45) is 1.06. The van der Waals surface area contributed by atoms with Crippen molar-refractivity contribution in [2.24, 2.45) is 0 Å². The van der Waals surface area contributed by atoms with Gasteiger partial charge in [-0.15, -0.1) is 0 Å². The molecule has 1 aromatic carbocycles. The Bertz CT molecular complexity index is 382. The summed E-state index contributed by atoms with van der Waals surface area (Å²) in [5.41, 5.74) is 0.570. The van der Waals surface area contributed by atoms with Crippen LogP contribution in [-0.4, -0.2) is 30.6 Å². The normalized spacial score (nSPS) is 22.4.